The molecule has 2 rings (SSSR count). The number of nitrogens with one attached hydrogen (secondary N) is 1. The zero-order valence-corrected chi connectivity index (χ0v) is 8.74. The molecule has 82 valence electrons. The van der Waals surface area contributed by atoms with Crippen LogP contribution in [-0.4, -0.2) is 9.97 Å². The Labute approximate surface area is 92.3 Å². The van der Waals surface area contributed by atoms with Gasteiger partial charge in [0.05, 0.1) is 0 Å². The molecule has 1 aromatic heterocycles. The summed E-state index contributed by atoms with van der Waals surface area (Å²) in [6, 6.07) is 6.30. The molecular formula is C11H11FN4. The first kappa shape index (κ1) is 10.5. The summed E-state index contributed by atoms with van der Waals surface area (Å²) < 4.78 is 13.2. The third-order valence-corrected chi connectivity index (χ3v) is 2.10. The molecule has 0 aliphatic heterocycles. The highest BCUT2D eigenvalue weighted by molar-refractivity contribution is 5.57. The Kier molecular flexibility index (Phi) is 2.78. The summed E-state index contributed by atoms with van der Waals surface area (Å²) in [5, 5.41) is 0. The second-order valence-corrected chi connectivity index (χ2v) is 3.43. The van der Waals surface area contributed by atoms with E-state index in [0.717, 1.165) is 5.56 Å². The average molecular weight is 218 g/mol. The van der Waals surface area contributed by atoms with Crippen LogP contribution < -0.4 is 11.3 Å². The second kappa shape index (κ2) is 4.24. The van der Waals surface area contributed by atoms with E-state index in [2.05, 4.69) is 15.4 Å². The minimum absolute atomic E-state index is 0.301. The molecule has 0 bridgehead atoms. The molecular weight excluding hydrogens is 207 g/mol. The maximum absolute atomic E-state index is 13.2. The molecule has 0 atom stereocenters. The van der Waals surface area contributed by atoms with E-state index in [1.807, 2.05) is 13.0 Å². The Morgan fingerprint density at radius 1 is 1.31 bits per heavy atom. The van der Waals surface area contributed by atoms with Crippen molar-refractivity contribution in [1.29, 1.82) is 0 Å². The fraction of sp³-hybridized carbons (Fsp3) is 0.0909. The summed E-state index contributed by atoms with van der Waals surface area (Å²) in [6.45, 7) is 1.82. The number of aryl methyl sites for hydroxylation is 1. The quantitative estimate of drug-likeness (QED) is 0.596. The van der Waals surface area contributed by atoms with Crippen molar-refractivity contribution in [2.75, 3.05) is 5.43 Å². The Bertz CT molecular complexity index is 493. The number of aromatic nitrogens is 2. The van der Waals surface area contributed by atoms with Crippen LogP contribution >= 0.6 is 0 Å². The van der Waals surface area contributed by atoms with Gasteiger partial charge in [0.25, 0.3) is 0 Å². The number of hydrogen-bond donors (Lipinski definition) is 2. The molecule has 16 heavy (non-hydrogen) atoms. The largest absolute Gasteiger partial charge is 0.308 e. The van der Waals surface area contributed by atoms with Gasteiger partial charge in [-0.25, -0.2) is 20.2 Å². The van der Waals surface area contributed by atoms with Crippen LogP contribution in [0.15, 0.2) is 30.5 Å². The molecule has 4 nitrogen and oxygen atoms in total. The molecule has 0 spiro atoms. The Morgan fingerprint density at radius 2 is 2.12 bits per heavy atom. The van der Waals surface area contributed by atoms with Gasteiger partial charge in [0, 0.05) is 17.8 Å². The second-order valence-electron chi connectivity index (χ2n) is 3.43. The van der Waals surface area contributed by atoms with Crippen LogP contribution in [0, 0.1) is 12.7 Å². The van der Waals surface area contributed by atoms with E-state index in [4.69, 9.17) is 5.84 Å². The van der Waals surface area contributed by atoms with Crippen molar-refractivity contribution in [2.24, 2.45) is 5.84 Å². The van der Waals surface area contributed by atoms with Crippen molar-refractivity contribution >= 4 is 5.82 Å². The van der Waals surface area contributed by atoms with Gasteiger partial charge in [-0.15, -0.1) is 0 Å². The van der Waals surface area contributed by atoms with Crippen molar-refractivity contribution in [3.8, 4) is 11.4 Å². The van der Waals surface area contributed by atoms with Crippen LogP contribution in [0.5, 0.6) is 0 Å². The van der Waals surface area contributed by atoms with Crippen molar-refractivity contribution in [2.45, 2.75) is 6.92 Å². The summed E-state index contributed by atoms with van der Waals surface area (Å²) in [6.07, 6.45) is 1.57. The summed E-state index contributed by atoms with van der Waals surface area (Å²) in [5.41, 5.74) is 3.88. The summed E-state index contributed by atoms with van der Waals surface area (Å²) in [7, 11) is 0. The zero-order valence-electron chi connectivity index (χ0n) is 8.74. The number of anilines is 1. The van der Waals surface area contributed by atoms with Gasteiger partial charge >= 0.3 is 0 Å². The molecule has 0 unspecified atom stereocenters. The standard InChI is InChI=1S/C11H11FN4/c1-7-4-8(6-9(12)5-7)11-14-3-2-10(15-11)16-13/h2-6H,13H2,1H3,(H,14,15,16). The molecule has 1 aromatic carbocycles. The molecule has 0 saturated heterocycles. The van der Waals surface area contributed by atoms with E-state index < -0.39 is 0 Å². The van der Waals surface area contributed by atoms with Crippen molar-refractivity contribution < 1.29 is 4.39 Å². The van der Waals surface area contributed by atoms with Crippen LogP contribution in [0.2, 0.25) is 0 Å². The number of nitrogens with two attached hydrogens (primary N) is 1. The zero-order chi connectivity index (χ0) is 11.5. The molecule has 0 amide bonds. The Hall–Kier alpha value is -2.01. The smallest absolute Gasteiger partial charge is 0.161 e. The van der Waals surface area contributed by atoms with Crippen LogP contribution in [0.3, 0.4) is 0 Å². The molecule has 0 radical (unpaired) electrons. The van der Waals surface area contributed by atoms with Gasteiger partial charge in [-0.2, -0.15) is 0 Å². The topological polar surface area (TPSA) is 63.8 Å². The number of rotatable bonds is 2. The molecule has 0 aliphatic rings. The predicted octanol–water partition coefficient (Wildman–Crippen LogP) is 1.88. The normalized spacial score (nSPS) is 10.2. The number of benzene rings is 1. The monoisotopic (exact) mass is 218 g/mol. The van der Waals surface area contributed by atoms with Crippen LogP contribution in [0.4, 0.5) is 10.2 Å². The van der Waals surface area contributed by atoms with Gasteiger partial charge in [0.1, 0.15) is 11.6 Å². The van der Waals surface area contributed by atoms with Gasteiger partial charge < -0.3 is 5.43 Å². The molecule has 0 aliphatic carbocycles. The van der Waals surface area contributed by atoms with Gasteiger partial charge in [-0.3, -0.25) is 0 Å². The maximum Gasteiger partial charge on any atom is 0.161 e. The number of hydrogen-bond acceptors (Lipinski definition) is 4. The lowest BCUT2D eigenvalue weighted by Crippen LogP contribution is -2.09. The minimum atomic E-state index is -0.301. The SMILES string of the molecule is Cc1cc(F)cc(-c2nccc(NN)n2)c1. The predicted molar refractivity (Wildman–Crippen MR) is 60.0 cm³/mol. The Morgan fingerprint density at radius 3 is 2.81 bits per heavy atom. The first-order chi connectivity index (χ1) is 7.69. The number of hydrazine groups is 1. The fourth-order valence-corrected chi connectivity index (χ4v) is 1.44. The molecule has 2 aromatic rings. The lowest BCUT2D eigenvalue weighted by atomic mass is 10.1. The van der Waals surface area contributed by atoms with Crippen molar-refractivity contribution in [3.05, 3.63) is 41.8 Å². The maximum atomic E-state index is 13.2. The Balaban J connectivity index is 2.49. The van der Waals surface area contributed by atoms with Crippen LogP contribution in [0.25, 0.3) is 11.4 Å². The van der Waals surface area contributed by atoms with Gasteiger partial charge in [-0.1, -0.05) is 0 Å². The lowest BCUT2D eigenvalue weighted by molar-refractivity contribution is 0.627. The van der Waals surface area contributed by atoms with E-state index in [1.54, 1.807) is 12.3 Å². The van der Waals surface area contributed by atoms with Crippen LogP contribution in [0.1, 0.15) is 5.56 Å². The highest BCUT2D eigenvalue weighted by Gasteiger charge is 2.04. The van der Waals surface area contributed by atoms with Gasteiger partial charge in [-0.05, 0) is 30.7 Å². The van der Waals surface area contributed by atoms with Gasteiger partial charge in [0.15, 0.2) is 5.82 Å². The van der Waals surface area contributed by atoms with E-state index in [-0.39, 0.29) is 5.82 Å². The van der Waals surface area contributed by atoms with Crippen molar-refractivity contribution in [3.63, 3.8) is 0 Å². The molecule has 5 heteroatoms. The number of nitrogen functional groups attached to an aromatic ring is 1. The van der Waals surface area contributed by atoms with Gasteiger partial charge in [0.2, 0.25) is 0 Å². The van der Waals surface area contributed by atoms with E-state index in [1.165, 1.54) is 12.1 Å². The third-order valence-electron chi connectivity index (χ3n) is 2.10. The van der Waals surface area contributed by atoms with E-state index >= 15 is 0 Å². The van der Waals surface area contributed by atoms with E-state index in [0.29, 0.717) is 17.2 Å². The molecule has 1 heterocycles. The summed E-state index contributed by atoms with van der Waals surface area (Å²) >= 11 is 0. The first-order valence-electron chi connectivity index (χ1n) is 4.76. The highest BCUT2D eigenvalue weighted by atomic mass is 19.1. The summed E-state index contributed by atoms with van der Waals surface area (Å²) in [4.78, 5) is 8.20. The van der Waals surface area contributed by atoms with E-state index in [9.17, 15) is 4.39 Å². The number of nitrogens with zero attached hydrogens (tertiary/aromatic N) is 2. The molecule has 0 saturated carbocycles. The third kappa shape index (κ3) is 2.14. The highest BCUT2D eigenvalue weighted by Crippen LogP contribution is 2.18. The lowest BCUT2D eigenvalue weighted by Gasteiger charge is -2.04. The van der Waals surface area contributed by atoms with Crippen LogP contribution in [-0.2, 0) is 0 Å². The summed E-state index contributed by atoms with van der Waals surface area (Å²) in [5.74, 6) is 5.88. The van der Waals surface area contributed by atoms with Crippen molar-refractivity contribution in [1.82, 2.24) is 9.97 Å². The first-order valence-corrected chi connectivity index (χ1v) is 4.76. The fourth-order valence-electron chi connectivity index (χ4n) is 1.44. The number of halogens is 1. The molecule has 3 N–H and O–H groups in total. The average Bonchev–Trinajstić information content (AvgIpc) is 2.28. The molecule has 0 fully saturated rings. The minimum Gasteiger partial charge on any atom is -0.308 e.